The van der Waals surface area contributed by atoms with E-state index in [1.165, 1.54) is 12.3 Å². The van der Waals surface area contributed by atoms with E-state index >= 15 is 0 Å². The van der Waals surface area contributed by atoms with Crippen molar-refractivity contribution in [1.82, 2.24) is 9.88 Å². The van der Waals surface area contributed by atoms with Crippen molar-refractivity contribution in [2.24, 2.45) is 0 Å². The van der Waals surface area contributed by atoms with Crippen LogP contribution in [-0.4, -0.2) is 33.5 Å². The number of aromatic nitrogens is 1. The summed E-state index contributed by atoms with van der Waals surface area (Å²) in [5, 5.41) is 8.78. The Labute approximate surface area is 112 Å². The molecule has 0 saturated carbocycles. The Morgan fingerprint density at radius 1 is 1.47 bits per heavy atom. The molecule has 0 aromatic carbocycles. The molecular weight excluding hydrogens is 247 g/mol. The van der Waals surface area contributed by atoms with Crippen molar-refractivity contribution in [3.63, 3.8) is 0 Å². The minimum absolute atomic E-state index is 0.197. The Hall–Kier alpha value is -1.49. The van der Waals surface area contributed by atoms with Gasteiger partial charge in [0, 0.05) is 25.2 Å². The highest BCUT2D eigenvalue weighted by Gasteiger charge is 2.23. The summed E-state index contributed by atoms with van der Waals surface area (Å²) in [5.74, 6) is -1.07. The molecule has 0 bridgehead atoms. The minimum atomic E-state index is -0.752. The van der Waals surface area contributed by atoms with E-state index in [1.54, 1.807) is 6.20 Å². The molecule has 2 rings (SSSR count). The number of hydrogen-bond donors (Lipinski definition) is 1. The number of carbonyl (C=O) groups is 1. The third kappa shape index (κ3) is 4.28. The Kier molecular flexibility index (Phi) is 4.85. The lowest BCUT2D eigenvalue weighted by molar-refractivity contribution is -0.137. The Balaban J connectivity index is 1.97. The van der Waals surface area contributed by atoms with E-state index in [0.29, 0.717) is 13.0 Å². The van der Waals surface area contributed by atoms with Crippen LogP contribution in [0.1, 0.15) is 37.7 Å². The molecule has 1 aromatic rings. The largest absolute Gasteiger partial charge is 0.481 e. The third-order valence-electron chi connectivity index (χ3n) is 3.59. The van der Waals surface area contributed by atoms with Crippen LogP contribution in [0.15, 0.2) is 18.5 Å². The number of hydrogen-bond acceptors (Lipinski definition) is 3. The Morgan fingerprint density at radius 2 is 2.32 bits per heavy atom. The van der Waals surface area contributed by atoms with Gasteiger partial charge in [0.25, 0.3) is 0 Å². The second-order valence-electron chi connectivity index (χ2n) is 5.06. The molecule has 1 aliphatic heterocycles. The molecule has 1 aromatic heterocycles. The first-order valence-corrected chi connectivity index (χ1v) is 6.70. The van der Waals surface area contributed by atoms with E-state index in [2.05, 4.69) is 9.88 Å². The maximum atomic E-state index is 13.1. The van der Waals surface area contributed by atoms with Crippen LogP contribution in [0, 0.1) is 5.82 Å². The van der Waals surface area contributed by atoms with Crippen LogP contribution in [0.2, 0.25) is 0 Å². The molecule has 5 heteroatoms. The Morgan fingerprint density at radius 3 is 3.05 bits per heavy atom. The van der Waals surface area contributed by atoms with Crippen LogP contribution in [0.25, 0.3) is 0 Å². The van der Waals surface area contributed by atoms with Crippen molar-refractivity contribution in [2.45, 2.75) is 44.7 Å². The van der Waals surface area contributed by atoms with Gasteiger partial charge < -0.3 is 5.11 Å². The molecular formula is C14H19FN2O2. The normalized spacial score (nSPS) is 20.4. The molecule has 2 heterocycles. The number of piperidine rings is 1. The van der Waals surface area contributed by atoms with E-state index < -0.39 is 5.97 Å². The zero-order valence-electron chi connectivity index (χ0n) is 10.9. The van der Waals surface area contributed by atoms with Crippen molar-refractivity contribution in [3.8, 4) is 0 Å². The number of likely N-dealkylation sites (tertiary alicyclic amines) is 1. The van der Waals surface area contributed by atoms with Crippen molar-refractivity contribution in [2.75, 3.05) is 6.54 Å². The van der Waals surface area contributed by atoms with Crippen molar-refractivity contribution >= 4 is 5.97 Å². The highest BCUT2D eigenvalue weighted by Crippen LogP contribution is 2.23. The van der Waals surface area contributed by atoms with Crippen LogP contribution >= 0.6 is 0 Å². The number of nitrogens with zero attached hydrogens (tertiary/aromatic N) is 2. The van der Waals surface area contributed by atoms with Crippen molar-refractivity contribution in [1.29, 1.82) is 0 Å². The molecule has 0 amide bonds. The second kappa shape index (κ2) is 6.61. The molecule has 0 spiro atoms. The summed E-state index contributed by atoms with van der Waals surface area (Å²) in [6, 6.07) is 1.78. The first-order chi connectivity index (χ1) is 9.15. The number of rotatable bonds is 5. The highest BCUT2D eigenvalue weighted by molar-refractivity contribution is 5.66. The smallest absolute Gasteiger partial charge is 0.303 e. The fraction of sp³-hybridized carbons (Fsp3) is 0.571. The summed E-state index contributed by atoms with van der Waals surface area (Å²) in [5.41, 5.74) is 0.849. The van der Waals surface area contributed by atoms with Gasteiger partial charge in [-0.15, -0.1) is 0 Å². The SMILES string of the molecule is O=C(O)CCC1CCCCN1Cc1cncc(F)c1. The van der Waals surface area contributed by atoms with Crippen LogP contribution < -0.4 is 0 Å². The molecule has 0 aliphatic carbocycles. The summed E-state index contributed by atoms with van der Waals surface area (Å²) in [6.07, 6.45) is 7.01. The van der Waals surface area contributed by atoms with E-state index in [4.69, 9.17) is 5.11 Å². The first kappa shape index (κ1) is 13.9. The average molecular weight is 266 g/mol. The van der Waals surface area contributed by atoms with Gasteiger partial charge in [0.2, 0.25) is 0 Å². The molecule has 1 N–H and O–H groups in total. The highest BCUT2D eigenvalue weighted by atomic mass is 19.1. The second-order valence-corrected chi connectivity index (χ2v) is 5.06. The molecule has 104 valence electrons. The molecule has 19 heavy (non-hydrogen) atoms. The monoisotopic (exact) mass is 266 g/mol. The van der Waals surface area contributed by atoms with Gasteiger partial charge in [0.15, 0.2) is 0 Å². The van der Waals surface area contributed by atoms with Gasteiger partial charge in [-0.2, -0.15) is 0 Å². The predicted octanol–water partition coefficient (Wildman–Crippen LogP) is 2.44. The van der Waals surface area contributed by atoms with Gasteiger partial charge in [0.1, 0.15) is 5.82 Å². The fourth-order valence-corrected chi connectivity index (χ4v) is 2.66. The zero-order valence-corrected chi connectivity index (χ0v) is 10.9. The molecule has 1 unspecified atom stereocenters. The molecule has 4 nitrogen and oxygen atoms in total. The molecule has 1 fully saturated rings. The summed E-state index contributed by atoms with van der Waals surface area (Å²) < 4.78 is 13.1. The zero-order chi connectivity index (χ0) is 13.7. The fourth-order valence-electron chi connectivity index (χ4n) is 2.66. The van der Waals surface area contributed by atoms with Crippen molar-refractivity contribution in [3.05, 3.63) is 29.8 Å². The van der Waals surface area contributed by atoms with E-state index in [0.717, 1.165) is 31.4 Å². The van der Waals surface area contributed by atoms with Crippen LogP contribution in [0.3, 0.4) is 0 Å². The lowest BCUT2D eigenvalue weighted by Crippen LogP contribution is -2.39. The number of carboxylic acids is 1. The minimum Gasteiger partial charge on any atom is -0.481 e. The maximum absolute atomic E-state index is 13.1. The van der Waals surface area contributed by atoms with Gasteiger partial charge in [-0.05, 0) is 37.4 Å². The Bertz CT molecular complexity index is 439. The molecule has 0 radical (unpaired) electrons. The summed E-state index contributed by atoms with van der Waals surface area (Å²) in [4.78, 5) is 16.8. The molecule has 1 aliphatic rings. The third-order valence-corrected chi connectivity index (χ3v) is 3.59. The maximum Gasteiger partial charge on any atom is 0.303 e. The van der Waals surface area contributed by atoms with E-state index in [-0.39, 0.29) is 18.3 Å². The summed E-state index contributed by atoms with van der Waals surface area (Å²) in [6.45, 7) is 1.59. The summed E-state index contributed by atoms with van der Waals surface area (Å²) >= 11 is 0. The number of aliphatic carboxylic acids is 1. The number of pyridine rings is 1. The molecule has 1 saturated heterocycles. The van der Waals surface area contributed by atoms with Gasteiger partial charge in [-0.3, -0.25) is 14.7 Å². The van der Waals surface area contributed by atoms with Crippen LogP contribution in [-0.2, 0) is 11.3 Å². The van der Waals surface area contributed by atoms with Gasteiger partial charge in [-0.1, -0.05) is 6.42 Å². The quantitative estimate of drug-likeness (QED) is 0.889. The standard InChI is InChI=1S/C14H19FN2O2/c15-12-7-11(8-16-9-12)10-17-6-2-1-3-13(17)4-5-14(18)19/h7-9,13H,1-6,10H2,(H,18,19). The van der Waals surface area contributed by atoms with Gasteiger partial charge in [0.05, 0.1) is 6.20 Å². The van der Waals surface area contributed by atoms with Crippen molar-refractivity contribution < 1.29 is 14.3 Å². The topological polar surface area (TPSA) is 53.4 Å². The van der Waals surface area contributed by atoms with Crippen LogP contribution in [0.4, 0.5) is 4.39 Å². The first-order valence-electron chi connectivity index (χ1n) is 6.70. The van der Waals surface area contributed by atoms with Gasteiger partial charge in [-0.25, -0.2) is 4.39 Å². The lowest BCUT2D eigenvalue weighted by Gasteiger charge is -2.35. The average Bonchev–Trinajstić information content (AvgIpc) is 2.38. The van der Waals surface area contributed by atoms with E-state index in [1.807, 2.05) is 0 Å². The van der Waals surface area contributed by atoms with Crippen LogP contribution in [0.5, 0.6) is 0 Å². The molecule has 1 atom stereocenters. The number of halogens is 1. The van der Waals surface area contributed by atoms with Gasteiger partial charge >= 0.3 is 5.97 Å². The lowest BCUT2D eigenvalue weighted by atomic mass is 9.97. The number of carboxylic acid groups (broad SMARTS) is 1. The predicted molar refractivity (Wildman–Crippen MR) is 69.1 cm³/mol. The summed E-state index contributed by atoms with van der Waals surface area (Å²) in [7, 11) is 0. The van der Waals surface area contributed by atoms with E-state index in [9.17, 15) is 9.18 Å².